The Hall–Kier alpha value is -4.16. The van der Waals surface area contributed by atoms with Gasteiger partial charge in [-0.15, -0.1) is 0 Å². The molecule has 3 N–H and O–H groups in total. The molecule has 1 aliphatic heterocycles. The largest absolute Gasteiger partial charge is 0.489 e. The number of nitrogens with one attached hydrogen (secondary N) is 1. The van der Waals surface area contributed by atoms with Gasteiger partial charge in [-0.3, -0.25) is 14.6 Å². The van der Waals surface area contributed by atoms with Gasteiger partial charge in [0.2, 0.25) is 5.91 Å². The third-order valence-corrected chi connectivity index (χ3v) is 6.24. The zero-order chi connectivity index (χ0) is 27.8. The minimum atomic E-state index is -4.91. The maximum atomic E-state index is 14.2. The zero-order valence-electron chi connectivity index (χ0n) is 19.7. The average Bonchev–Trinajstić information content (AvgIpc) is 3.21. The number of halogens is 6. The Morgan fingerprint density at radius 3 is 2.37 bits per heavy atom. The molecule has 200 valence electrons. The number of pyridine rings is 2. The van der Waals surface area contributed by atoms with E-state index >= 15 is 0 Å². The van der Waals surface area contributed by atoms with Crippen LogP contribution in [0.25, 0.3) is 11.3 Å². The van der Waals surface area contributed by atoms with E-state index in [1.807, 2.05) is 0 Å². The van der Waals surface area contributed by atoms with Gasteiger partial charge >= 0.3 is 6.18 Å². The van der Waals surface area contributed by atoms with Crippen LogP contribution in [0.2, 0.25) is 0 Å². The Morgan fingerprint density at radius 2 is 1.82 bits per heavy atom. The summed E-state index contributed by atoms with van der Waals surface area (Å²) in [4.78, 5) is 32.3. The topological polar surface area (TPSA) is 107 Å². The van der Waals surface area contributed by atoms with Crippen LogP contribution in [0.4, 0.5) is 26.3 Å². The number of rotatable bonds is 7. The number of nitrogens with zero attached hydrogens (tertiary/aromatic N) is 2. The average molecular weight is 538 g/mol. The summed E-state index contributed by atoms with van der Waals surface area (Å²) < 4.78 is 87.2. The summed E-state index contributed by atoms with van der Waals surface area (Å²) in [6.45, 7) is 0.202. The van der Waals surface area contributed by atoms with Crippen LogP contribution < -0.4 is 15.8 Å². The molecule has 0 unspecified atom stereocenters. The van der Waals surface area contributed by atoms with Gasteiger partial charge in [0.15, 0.2) is 0 Å². The number of nitrogens with two attached hydrogens (primary N) is 1. The van der Waals surface area contributed by atoms with Gasteiger partial charge in [-0.25, -0.2) is 18.2 Å². The zero-order valence-corrected chi connectivity index (χ0v) is 19.7. The highest BCUT2D eigenvalue weighted by Gasteiger charge is 2.47. The molecule has 3 heterocycles. The fraction of sp³-hybridized carbons (Fsp3) is 0.280. The number of aromatic nitrogens is 2. The maximum Gasteiger partial charge on any atom is 0.398 e. The minimum Gasteiger partial charge on any atom is -0.489 e. The lowest BCUT2D eigenvalue weighted by molar-refractivity contribution is -0.149. The van der Waals surface area contributed by atoms with Crippen molar-refractivity contribution in [1.82, 2.24) is 15.3 Å². The van der Waals surface area contributed by atoms with Crippen molar-refractivity contribution in [3.05, 3.63) is 77.0 Å². The molecule has 0 saturated heterocycles. The number of ether oxygens (including phenoxy) is 1. The van der Waals surface area contributed by atoms with E-state index in [9.17, 15) is 35.9 Å². The normalized spacial score (nSPS) is 17.6. The first kappa shape index (κ1) is 26.9. The molecular formula is C25H20F6N4O3. The summed E-state index contributed by atoms with van der Waals surface area (Å²) in [5.41, 5.74) is 2.95. The molecule has 3 aromatic rings. The van der Waals surface area contributed by atoms with Crippen molar-refractivity contribution in [2.24, 2.45) is 5.73 Å². The smallest absolute Gasteiger partial charge is 0.398 e. The van der Waals surface area contributed by atoms with Crippen molar-refractivity contribution in [1.29, 1.82) is 0 Å². The first-order valence-corrected chi connectivity index (χ1v) is 11.1. The van der Waals surface area contributed by atoms with Gasteiger partial charge in [0.1, 0.15) is 40.9 Å². The maximum absolute atomic E-state index is 14.2. The number of carbonyl (C=O) groups is 2. The van der Waals surface area contributed by atoms with Gasteiger partial charge in [-0.2, -0.15) is 13.2 Å². The molecule has 4 rings (SSSR count). The minimum absolute atomic E-state index is 0.0387. The van der Waals surface area contributed by atoms with Crippen LogP contribution in [-0.4, -0.2) is 41.1 Å². The van der Waals surface area contributed by atoms with E-state index in [0.29, 0.717) is 0 Å². The van der Waals surface area contributed by atoms with Gasteiger partial charge in [-0.05, 0) is 49.4 Å². The van der Waals surface area contributed by atoms with E-state index in [0.717, 1.165) is 36.5 Å². The molecule has 0 bridgehead atoms. The lowest BCUT2D eigenvalue weighted by Crippen LogP contribution is -2.40. The number of hydrogen-bond acceptors (Lipinski definition) is 5. The Morgan fingerprint density at radius 1 is 1.13 bits per heavy atom. The first-order valence-electron chi connectivity index (χ1n) is 11.1. The lowest BCUT2D eigenvalue weighted by Gasteiger charge is -2.24. The molecular weight excluding hydrogens is 518 g/mol. The molecule has 0 saturated carbocycles. The van der Waals surface area contributed by atoms with Crippen LogP contribution in [0.15, 0.2) is 48.7 Å². The second-order valence-electron chi connectivity index (χ2n) is 8.84. The highest BCUT2D eigenvalue weighted by molar-refractivity contribution is 5.94. The van der Waals surface area contributed by atoms with E-state index in [1.54, 1.807) is 0 Å². The van der Waals surface area contributed by atoms with E-state index in [-0.39, 0.29) is 34.7 Å². The van der Waals surface area contributed by atoms with Crippen molar-refractivity contribution >= 4 is 11.8 Å². The number of fused-ring (bicyclic) bond motifs is 1. The summed E-state index contributed by atoms with van der Waals surface area (Å²) in [7, 11) is 0. The fourth-order valence-electron chi connectivity index (χ4n) is 3.94. The van der Waals surface area contributed by atoms with Crippen molar-refractivity contribution < 1.29 is 40.7 Å². The highest BCUT2D eigenvalue weighted by Crippen LogP contribution is 2.46. The summed E-state index contributed by atoms with van der Waals surface area (Å²) in [6, 6.07) is 7.74. The van der Waals surface area contributed by atoms with Crippen molar-refractivity contribution in [2.75, 3.05) is 13.2 Å². The van der Waals surface area contributed by atoms with E-state index in [4.69, 9.17) is 10.5 Å². The van der Waals surface area contributed by atoms with Crippen LogP contribution >= 0.6 is 0 Å². The molecule has 0 fully saturated rings. The number of carbonyl (C=O) groups excluding carboxylic acids is 2. The predicted octanol–water partition coefficient (Wildman–Crippen LogP) is 4.43. The molecule has 1 aliphatic rings. The molecule has 0 radical (unpaired) electrons. The van der Waals surface area contributed by atoms with E-state index in [2.05, 4.69) is 15.3 Å². The van der Waals surface area contributed by atoms with Crippen molar-refractivity contribution in [3.8, 4) is 17.0 Å². The summed E-state index contributed by atoms with van der Waals surface area (Å²) >= 11 is 0. The second-order valence-corrected chi connectivity index (χ2v) is 8.84. The predicted molar refractivity (Wildman–Crippen MR) is 122 cm³/mol. The van der Waals surface area contributed by atoms with Crippen LogP contribution in [0.5, 0.6) is 5.75 Å². The van der Waals surface area contributed by atoms with E-state index < -0.39 is 59.5 Å². The Labute approximate surface area is 212 Å². The van der Waals surface area contributed by atoms with Crippen LogP contribution in [-0.2, 0) is 10.2 Å². The Balaban J connectivity index is 1.74. The van der Waals surface area contributed by atoms with Gasteiger partial charge in [-0.1, -0.05) is 0 Å². The second kappa shape index (κ2) is 9.95. The summed E-state index contributed by atoms with van der Waals surface area (Å²) in [5, 5.41) is 2.13. The lowest BCUT2D eigenvalue weighted by atomic mass is 9.82. The molecule has 2 atom stereocenters. The fourth-order valence-corrected chi connectivity index (χ4v) is 3.94. The SMILES string of the molecule is C[C@]1(C(N)=O)COc2c1cc([C@@H](CNC(=O)c1ccc(C(F)F)nc1)C(F)(F)F)nc2-c1ccc(F)cc1. The highest BCUT2D eigenvalue weighted by atomic mass is 19.4. The quantitative estimate of drug-likeness (QED) is 0.433. The van der Waals surface area contributed by atoms with Crippen LogP contribution in [0, 0.1) is 5.82 Å². The van der Waals surface area contributed by atoms with Crippen molar-refractivity contribution in [2.45, 2.75) is 30.9 Å². The van der Waals surface area contributed by atoms with Crippen LogP contribution in [0.3, 0.4) is 0 Å². The number of benzene rings is 1. The molecule has 38 heavy (non-hydrogen) atoms. The molecule has 7 nitrogen and oxygen atoms in total. The van der Waals surface area contributed by atoms with Crippen LogP contribution in [0.1, 0.15) is 46.6 Å². The summed E-state index contributed by atoms with van der Waals surface area (Å²) in [5.74, 6) is -4.71. The number of primary amides is 1. The third-order valence-electron chi connectivity index (χ3n) is 6.24. The van der Waals surface area contributed by atoms with Gasteiger partial charge in [0.25, 0.3) is 12.3 Å². The molecule has 13 heteroatoms. The van der Waals surface area contributed by atoms with Gasteiger partial charge < -0.3 is 15.8 Å². The monoisotopic (exact) mass is 538 g/mol. The van der Waals surface area contributed by atoms with Gasteiger partial charge in [0.05, 0.1) is 11.3 Å². The molecule has 0 aliphatic carbocycles. The van der Waals surface area contributed by atoms with E-state index in [1.165, 1.54) is 19.1 Å². The first-order chi connectivity index (χ1) is 17.8. The van der Waals surface area contributed by atoms with Crippen molar-refractivity contribution in [3.63, 3.8) is 0 Å². The Bertz CT molecular complexity index is 1360. The molecule has 0 spiro atoms. The summed E-state index contributed by atoms with van der Waals surface area (Å²) in [6.07, 6.45) is -6.96. The standard InChI is InChI=1S/C25H20F6N4O3/c1-24(23(32)37)11-38-20-15(24)8-18(35-19(20)12-2-5-14(26)6-3-12)16(25(29,30)31)10-34-22(36)13-4-7-17(21(27)28)33-9-13/h2-9,16,21H,10-11H2,1H3,(H2,32,37)(H,34,36)/t16-,24+/m1/s1. The molecule has 2 amide bonds. The number of alkyl halides is 5. The molecule has 2 aromatic heterocycles. The third kappa shape index (κ3) is 5.13. The van der Waals surface area contributed by atoms with Gasteiger partial charge in [0, 0.05) is 23.9 Å². The molecule has 1 aromatic carbocycles. The number of hydrogen-bond donors (Lipinski definition) is 2. The Kier molecular flexibility index (Phi) is 7.04. The number of amides is 2.